The standard InChI is InChI=1S/C23H21N3O5S2/c1-26-21(27)23(25-22(26)32,17-7-9-18(10-8-17)31-33(3,28)29)20-14-16(11-12-24-20)15-5-4-6-19(13-15)30-2/h4-14H,1-3H3,(H,25,32). The third-order valence-electron chi connectivity index (χ3n) is 5.31. The van der Waals surface area contributed by atoms with E-state index in [1.165, 1.54) is 17.0 Å². The Balaban J connectivity index is 1.84. The van der Waals surface area contributed by atoms with Crippen molar-refractivity contribution in [2.24, 2.45) is 0 Å². The first-order chi connectivity index (χ1) is 15.6. The number of pyridine rings is 1. The van der Waals surface area contributed by atoms with Gasteiger partial charge >= 0.3 is 10.1 Å². The van der Waals surface area contributed by atoms with Crippen LogP contribution in [0.5, 0.6) is 11.5 Å². The van der Waals surface area contributed by atoms with E-state index in [0.29, 0.717) is 17.0 Å². The van der Waals surface area contributed by atoms with Crippen LogP contribution in [0.25, 0.3) is 11.1 Å². The summed E-state index contributed by atoms with van der Waals surface area (Å²) in [4.78, 5) is 19.4. The number of ether oxygens (including phenoxy) is 1. The van der Waals surface area contributed by atoms with E-state index in [4.69, 9.17) is 21.1 Å². The van der Waals surface area contributed by atoms with E-state index in [-0.39, 0.29) is 16.8 Å². The second-order valence-corrected chi connectivity index (χ2v) is 9.48. The molecule has 0 radical (unpaired) electrons. The quantitative estimate of drug-likeness (QED) is 0.422. The zero-order chi connectivity index (χ0) is 23.8. The number of hydrogen-bond acceptors (Lipinski definition) is 7. The van der Waals surface area contributed by atoms with Crippen LogP contribution >= 0.6 is 12.2 Å². The van der Waals surface area contributed by atoms with Gasteiger partial charge in [0, 0.05) is 13.2 Å². The Kier molecular flexibility index (Phi) is 5.81. The Morgan fingerprint density at radius 1 is 1.03 bits per heavy atom. The van der Waals surface area contributed by atoms with E-state index in [9.17, 15) is 13.2 Å². The lowest BCUT2D eigenvalue weighted by atomic mass is 9.85. The van der Waals surface area contributed by atoms with Crippen molar-refractivity contribution in [2.75, 3.05) is 20.4 Å². The SMILES string of the molecule is COc1cccc(-c2ccnc(C3(c4ccc(OS(C)(=O)=O)cc4)NC(=S)N(C)C3=O)c2)c1. The highest BCUT2D eigenvalue weighted by Crippen LogP contribution is 2.37. The Bertz CT molecular complexity index is 1340. The molecule has 33 heavy (non-hydrogen) atoms. The lowest BCUT2D eigenvalue weighted by Gasteiger charge is -2.27. The molecule has 3 aromatic rings. The Hall–Kier alpha value is -3.50. The van der Waals surface area contributed by atoms with E-state index in [1.54, 1.807) is 32.5 Å². The number of carbonyl (C=O) groups is 1. The second-order valence-electron chi connectivity index (χ2n) is 7.52. The highest BCUT2D eigenvalue weighted by atomic mass is 32.2. The van der Waals surface area contributed by atoms with Gasteiger partial charge in [0.2, 0.25) is 0 Å². The van der Waals surface area contributed by atoms with Crippen molar-refractivity contribution < 1.29 is 22.1 Å². The summed E-state index contributed by atoms with van der Waals surface area (Å²) in [7, 11) is -0.493. The molecule has 4 rings (SSSR count). The van der Waals surface area contributed by atoms with E-state index in [0.717, 1.165) is 17.4 Å². The van der Waals surface area contributed by atoms with Crippen molar-refractivity contribution in [3.8, 4) is 22.6 Å². The molecule has 0 spiro atoms. The van der Waals surface area contributed by atoms with E-state index < -0.39 is 15.7 Å². The normalized spacial score (nSPS) is 18.2. The number of benzene rings is 2. The lowest BCUT2D eigenvalue weighted by Crippen LogP contribution is -2.45. The molecule has 1 N–H and O–H groups in total. The van der Waals surface area contributed by atoms with E-state index >= 15 is 0 Å². The Labute approximate surface area is 197 Å². The van der Waals surface area contributed by atoms with Gasteiger partial charge in [-0.2, -0.15) is 8.42 Å². The summed E-state index contributed by atoms with van der Waals surface area (Å²) in [5.41, 5.74) is 1.33. The number of nitrogens with one attached hydrogen (secondary N) is 1. The maximum atomic E-state index is 13.5. The minimum atomic E-state index is -3.68. The second kappa shape index (κ2) is 8.45. The highest BCUT2D eigenvalue weighted by molar-refractivity contribution is 7.86. The van der Waals surface area contributed by atoms with Gasteiger partial charge in [0.25, 0.3) is 5.91 Å². The number of likely N-dealkylation sites (N-methyl/N-ethyl adjacent to an activating group) is 1. The van der Waals surface area contributed by atoms with Crippen molar-refractivity contribution in [1.82, 2.24) is 15.2 Å². The third-order valence-corrected chi connectivity index (χ3v) is 6.18. The first kappa shape index (κ1) is 22.7. The van der Waals surface area contributed by atoms with E-state index in [1.807, 2.05) is 36.4 Å². The van der Waals surface area contributed by atoms with Gasteiger partial charge in [-0.15, -0.1) is 0 Å². The topological polar surface area (TPSA) is 97.8 Å². The monoisotopic (exact) mass is 483 g/mol. The molecule has 170 valence electrons. The molecule has 1 fully saturated rings. The molecular weight excluding hydrogens is 462 g/mol. The van der Waals surface area contributed by atoms with Crippen LogP contribution in [0.3, 0.4) is 0 Å². The zero-order valence-corrected chi connectivity index (χ0v) is 19.7. The number of hydrogen-bond donors (Lipinski definition) is 1. The molecule has 1 aromatic heterocycles. The Morgan fingerprint density at radius 2 is 1.73 bits per heavy atom. The van der Waals surface area contributed by atoms with Gasteiger partial charge in [-0.1, -0.05) is 24.3 Å². The van der Waals surface area contributed by atoms with Gasteiger partial charge in [0.05, 0.1) is 19.1 Å². The van der Waals surface area contributed by atoms with Crippen LogP contribution in [-0.4, -0.2) is 49.7 Å². The summed E-state index contributed by atoms with van der Waals surface area (Å²) in [5.74, 6) is 0.536. The third kappa shape index (κ3) is 4.27. The largest absolute Gasteiger partial charge is 0.497 e. The molecule has 1 atom stereocenters. The average molecular weight is 484 g/mol. The van der Waals surface area contributed by atoms with Crippen LogP contribution < -0.4 is 14.2 Å². The van der Waals surface area contributed by atoms with Gasteiger partial charge in [-0.25, -0.2) is 0 Å². The van der Waals surface area contributed by atoms with E-state index in [2.05, 4.69) is 10.3 Å². The summed E-state index contributed by atoms with van der Waals surface area (Å²) < 4.78 is 33.2. The van der Waals surface area contributed by atoms with Crippen LogP contribution in [0.4, 0.5) is 0 Å². The molecule has 1 unspecified atom stereocenters. The molecule has 1 amide bonds. The van der Waals surface area contributed by atoms with Crippen LogP contribution in [0.1, 0.15) is 11.3 Å². The molecule has 0 aliphatic carbocycles. The summed E-state index contributed by atoms with van der Waals surface area (Å²) in [5, 5.41) is 3.38. The summed E-state index contributed by atoms with van der Waals surface area (Å²) in [6, 6.07) is 17.4. The number of methoxy groups -OCH3 is 1. The molecule has 1 saturated heterocycles. The Morgan fingerprint density at radius 3 is 2.33 bits per heavy atom. The highest BCUT2D eigenvalue weighted by Gasteiger charge is 2.52. The fourth-order valence-electron chi connectivity index (χ4n) is 3.71. The van der Waals surface area contributed by atoms with Crippen molar-refractivity contribution in [2.45, 2.75) is 5.54 Å². The first-order valence-corrected chi connectivity index (χ1v) is 12.1. The van der Waals surface area contributed by atoms with Gasteiger partial charge in [0.1, 0.15) is 11.5 Å². The minimum absolute atomic E-state index is 0.135. The van der Waals surface area contributed by atoms with Crippen molar-refractivity contribution in [3.05, 3.63) is 78.1 Å². The lowest BCUT2D eigenvalue weighted by molar-refractivity contribution is -0.129. The van der Waals surface area contributed by atoms with Crippen molar-refractivity contribution in [1.29, 1.82) is 0 Å². The average Bonchev–Trinajstić information content (AvgIpc) is 3.03. The maximum absolute atomic E-state index is 13.5. The van der Waals surface area contributed by atoms with Crippen LogP contribution in [0, 0.1) is 0 Å². The molecule has 1 aliphatic heterocycles. The van der Waals surface area contributed by atoms with Gasteiger partial charge in [-0.3, -0.25) is 14.7 Å². The zero-order valence-electron chi connectivity index (χ0n) is 18.1. The van der Waals surface area contributed by atoms with Crippen LogP contribution in [0.2, 0.25) is 0 Å². The maximum Gasteiger partial charge on any atom is 0.306 e. The number of aromatic nitrogens is 1. The molecule has 8 nitrogen and oxygen atoms in total. The van der Waals surface area contributed by atoms with Gasteiger partial charge in [0.15, 0.2) is 10.7 Å². The molecule has 2 aromatic carbocycles. The predicted molar refractivity (Wildman–Crippen MR) is 127 cm³/mol. The fourth-order valence-corrected chi connectivity index (χ4v) is 4.41. The van der Waals surface area contributed by atoms with Crippen LogP contribution in [0.15, 0.2) is 66.9 Å². The summed E-state index contributed by atoms with van der Waals surface area (Å²) >= 11 is 5.37. The van der Waals surface area contributed by atoms with Gasteiger partial charge in [-0.05, 0) is 65.3 Å². The van der Waals surface area contributed by atoms with Crippen LogP contribution in [-0.2, 0) is 20.5 Å². The number of carbonyl (C=O) groups excluding carboxylic acids is 1. The smallest absolute Gasteiger partial charge is 0.306 e. The molecule has 10 heteroatoms. The number of amides is 1. The number of thiocarbonyl (C=S) groups is 1. The first-order valence-electron chi connectivity index (χ1n) is 9.85. The minimum Gasteiger partial charge on any atom is -0.497 e. The van der Waals surface area contributed by atoms with Crippen molar-refractivity contribution in [3.63, 3.8) is 0 Å². The molecule has 0 bridgehead atoms. The number of rotatable bonds is 6. The van der Waals surface area contributed by atoms with Gasteiger partial charge < -0.3 is 14.2 Å². The van der Waals surface area contributed by atoms with Crippen molar-refractivity contribution >= 4 is 33.4 Å². The summed E-state index contributed by atoms with van der Waals surface area (Å²) in [6.07, 6.45) is 2.59. The summed E-state index contributed by atoms with van der Waals surface area (Å²) in [6.45, 7) is 0. The molecular formula is C23H21N3O5S2. The predicted octanol–water partition coefficient (Wildman–Crippen LogP) is 2.69. The number of nitrogens with zero attached hydrogens (tertiary/aromatic N) is 2. The fraction of sp³-hybridized carbons (Fsp3) is 0.174. The molecule has 1 aliphatic rings. The molecule has 0 saturated carbocycles. The molecule has 2 heterocycles.